The van der Waals surface area contributed by atoms with Gasteiger partial charge in [-0.15, -0.1) is 0 Å². The van der Waals surface area contributed by atoms with Gasteiger partial charge in [0.1, 0.15) is 0 Å². The van der Waals surface area contributed by atoms with E-state index in [1.807, 2.05) is 6.92 Å². The maximum absolute atomic E-state index is 11.9. The lowest BCUT2D eigenvalue weighted by Gasteiger charge is -2.22. The maximum Gasteiger partial charge on any atom is 0.234 e. The number of ether oxygens (including phenoxy) is 1. The van der Waals surface area contributed by atoms with Crippen LogP contribution in [0.5, 0.6) is 0 Å². The second-order valence-electron chi connectivity index (χ2n) is 5.18. The summed E-state index contributed by atoms with van der Waals surface area (Å²) in [6.45, 7) is 8.63. The van der Waals surface area contributed by atoms with Crippen molar-refractivity contribution in [1.82, 2.24) is 15.1 Å². The van der Waals surface area contributed by atoms with Gasteiger partial charge in [0.05, 0.1) is 13.2 Å². The van der Waals surface area contributed by atoms with Crippen molar-refractivity contribution in [2.75, 3.05) is 59.5 Å². The van der Waals surface area contributed by atoms with Crippen LogP contribution in [0, 0.1) is 0 Å². The summed E-state index contributed by atoms with van der Waals surface area (Å²) >= 11 is 0. The molecule has 0 radical (unpaired) electrons. The highest BCUT2D eigenvalue weighted by Crippen LogP contribution is 2.02. The minimum atomic E-state index is 0.0678. The van der Waals surface area contributed by atoms with Crippen LogP contribution in [0.15, 0.2) is 0 Å². The number of nitrogens with zero attached hydrogens (tertiary/aromatic N) is 2. The lowest BCUT2D eigenvalue weighted by Crippen LogP contribution is -2.43. The molecule has 6 heteroatoms. The summed E-state index contributed by atoms with van der Waals surface area (Å²) in [6.07, 6.45) is 1.10. The van der Waals surface area contributed by atoms with Crippen LogP contribution in [0.4, 0.5) is 0 Å². The number of methoxy groups -OCH3 is 1. The van der Waals surface area contributed by atoms with E-state index in [-0.39, 0.29) is 11.9 Å². The third-order valence-corrected chi connectivity index (χ3v) is 3.32. The molecule has 0 saturated carbocycles. The summed E-state index contributed by atoms with van der Waals surface area (Å²) in [5.74, 6) is 0.0804. The van der Waals surface area contributed by atoms with Crippen molar-refractivity contribution in [3.8, 4) is 0 Å². The predicted octanol–water partition coefficient (Wildman–Crippen LogP) is -0.896. The average Bonchev–Trinajstić information content (AvgIpc) is 2.55. The Labute approximate surface area is 116 Å². The SMILES string of the molecule is COCC(C)NC(=O)CN1CCCN(CCN)CC1. The first kappa shape index (κ1) is 16.4. The third-order valence-electron chi connectivity index (χ3n) is 3.32. The summed E-state index contributed by atoms with van der Waals surface area (Å²) in [5.41, 5.74) is 5.58. The minimum absolute atomic E-state index is 0.0678. The molecule has 0 bridgehead atoms. The van der Waals surface area contributed by atoms with E-state index >= 15 is 0 Å². The fourth-order valence-corrected chi connectivity index (χ4v) is 2.40. The topological polar surface area (TPSA) is 70.8 Å². The van der Waals surface area contributed by atoms with Crippen LogP contribution in [0.2, 0.25) is 0 Å². The lowest BCUT2D eigenvalue weighted by atomic mass is 10.3. The van der Waals surface area contributed by atoms with E-state index in [1.165, 1.54) is 0 Å². The number of rotatable bonds is 7. The molecule has 1 aliphatic rings. The molecule has 6 nitrogen and oxygen atoms in total. The predicted molar refractivity (Wildman–Crippen MR) is 76.0 cm³/mol. The Morgan fingerprint density at radius 2 is 2.00 bits per heavy atom. The highest BCUT2D eigenvalue weighted by Gasteiger charge is 2.17. The van der Waals surface area contributed by atoms with Gasteiger partial charge in [0.15, 0.2) is 0 Å². The van der Waals surface area contributed by atoms with Gasteiger partial charge in [0, 0.05) is 39.3 Å². The highest BCUT2D eigenvalue weighted by atomic mass is 16.5. The van der Waals surface area contributed by atoms with Crippen LogP contribution in [-0.2, 0) is 9.53 Å². The number of carbonyl (C=O) groups excluding carboxylic acids is 1. The van der Waals surface area contributed by atoms with Crippen molar-refractivity contribution in [3.63, 3.8) is 0 Å². The molecule has 1 fully saturated rings. The number of amides is 1. The molecule has 1 unspecified atom stereocenters. The van der Waals surface area contributed by atoms with Gasteiger partial charge in [0.2, 0.25) is 5.91 Å². The van der Waals surface area contributed by atoms with Crippen molar-refractivity contribution in [3.05, 3.63) is 0 Å². The maximum atomic E-state index is 11.9. The monoisotopic (exact) mass is 272 g/mol. The zero-order valence-corrected chi connectivity index (χ0v) is 12.2. The largest absolute Gasteiger partial charge is 0.383 e. The van der Waals surface area contributed by atoms with Crippen molar-refractivity contribution in [1.29, 1.82) is 0 Å². The first-order valence-electron chi connectivity index (χ1n) is 7.08. The molecular formula is C13H28N4O2. The smallest absolute Gasteiger partial charge is 0.234 e. The van der Waals surface area contributed by atoms with E-state index in [0.29, 0.717) is 19.7 Å². The van der Waals surface area contributed by atoms with Crippen LogP contribution >= 0.6 is 0 Å². The summed E-state index contributed by atoms with van der Waals surface area (Å²) in [6, 6.07) is 0.0678. The molecule has 0 spiro atoms. The van der Waals surface area contributed by atoms with Gasteiger partial charge in [-0.25, -0.2) is 0 Å². The number of carbonyl (C=O) groups is 1. The molecule has 0 aliphatic carbocycles. The molecule has 1 aliphatic heterocycles. The summed E-state index contributed by atoms with van der Waals surface area (Å²) in [7, 11) is 1.64. The second kappa shape index (κ2) is 9.25. The Morgan fingerprint density at radius 1 is 1.32 bits per heavy atom. The number of hydrogen-bond donors (Lipinski definition) is 2. The standard InChI is InChI=1S/C13H28N4O2/c1-12(11-19-2)15-13(18)10-17-6-3-5-16(7-4-14)8-9-17/h12H,3-11,14H2,1-2H3,(H,15,18). The van der Waals surface area contributed by atoms with Gasteiger partial charge in [-0.3, -0.25) is 9.69 Å². The van der Waals surface area contributed by atoms with Crippen LogP contribution < -0.4 is 11.1 Å². The van der Waals surface area contributed by atoms with Crippen molar-refractivity contribution in [2.45, 2.75) is 19.4 Å². The molecule has 1 saturated heterocycles. The molecule has 19 heavy (non-hydrogen) atoms. The Hall–Kier alpha value is -0.690. The quantitative estimate of drug-likeness (QED) is 0.629. The van der Waals surface area contributed by atoms with Gasteiger partial charge in [-0.2, -0.15) is 0 Å². The van der Waals surface area contributed by atoms with Crippen LogP contribution in [0.3, 0.4) is 0 Å². The van der Waals surface area contributed by atoms with Crippen molar-refractivity contribution in [2.24, 2.45) is 5.73 Å². The first-order valence-corrected chi connectivity index (χ1v) is 7.08. The molecule has 1 atom stereocenters. The Kier molecular flexibility index (Phi) is 7.97. The van der Waals surface area contributed by atoms with E-state index in [2.05, 4.69) is 15.1 Å². The number of nitrogens with one attached hydrogen (secondary N) is 1. The molecule has 112 valence electrons. The van der Waals surface area contributed by atoms with Gasteiger partial charge in [0.25, 0.3) is 0 Å². The van der Waals surface area contributed by atoms with E-state index in [1.54, 1.807) is 7.11 Å². The van der Waals surface area contributed by atoms with Gasteiger partial charge < -0.3 is 20.7 Å². The molecule has 0 aromatic rings. The number of hydrogen-bond acceptors (Lipinski definition) is 5. The van der Waals surface area contributed by atoms with Crippen LogP contribution in [0.25, 0.3) is 0 Å². The molecule has 3 N–H and O–H groups in total. The van der Waals surface area contributed by atoms with E-state index in [0.717, 1.165) is 39.1 Å². The lowest BCUT2D eigenvalue weighted by molar-refractivity contribution is -0.123. The molecule has 1 heterocycles. The van der Waals surface area contributed by atoms with Crippen molar-refractivity contribution < 1.29 is 9.53 Å². The summed E-state index contributed by atoms with van der Waals surface area (Å²) < 4.78 is 5.01. The molecular weight excluding hydrogens is 244 g/mol. The zero-order valence-electron chi connectivity index (χ0n) is 12.2. The zero-order chi connectivity index (χ0) is 14.1. The van der Waals surface area contributed by atoms with Gasteiger partial charge in [-0.1, -0.05) is 0 Å². The molecule has 0 aromatic heterocycles. The summed E-state index contributed by atoms with van der Waals surface area (Å²) in [4.78, 5) is 16.5. The fourth-order valence-electron chi connectivity index (χ4n) is 2.40. The second-order valence-corrected chi connectivity index (χ2v) is 5.18. The van der Waals surface area contributed by atoms with Crippen LogP contribution in [0.1, 0.15) is 13.3 Å². The van der Waals surface area contributed by atoms with Gasteiger partial charge >= 0.3 is 0 Å². The Morgan fingerprint density at radius 3 is 2.68 bits per heavy atom. The average molecular weight is 272 g/mol. The molecule has 1 rings (SSSR count). The Bertz CT molecular complexity index is 263. The fraction of sp³-hybridized carbons (Fsp3) is 0.923. The van der Waals surface area contributed by atoms with Crippen molar-refractivity contribution >= 4 is 5.91 Å². The van der Waals surface area contributed by atoms with E-state index in [9.17, 15) is 4.79 Å². The minimum Gasteiger partial charge on any atom is -0.383 e. The first-order chi connectivity index (χ1) is 9.15. The Balaban J connectivity index is 2.26. The highest BCUT2D eigenvalue weighted by molar-refractivity contribution is 5.78. The third kappa shape index (κ3) is 6.87. The normalized spacial score (nSPS) is 19.9. The summed E-state index contributed by atoms with van der Waals surface area (Å²) in [5, 5.41) is 2.95. The van der Waals surface area contributed by atoms with Crippen LogP contribution in [-0.4, -0.2) is 81.3 Å². The van der Waals surface area contributed by atoms with E-state index < -0.39 is 0 Å². The van der Waals surface area contributed by atoms with Gasteiger partial charge in [-0.05, 0) is 26.4 Å². The van der Waals surface area contributed by atoms with E-state index in [4.69, 9.17) is 10.5 Å². The molecule has 1 amide bonds. The molecule has 0 aromatic carbocycles. The number of nitrogens with two attached hydrogens (primary N) is 1.